The number of amides is 3. The maximum absolute atomic E-state index is 13.4. The summed E-state index contributed by atoms with van der Waals surface area (Å²) < 4.78 is 5.23. The molecule has 1 saturated carbocycles. The summed E-state index contributed by atoms with van der Waals surface area (Å²) in [6.07, 6.45) is 0.0477. The van der Waals surface area contributed by atoms with Gasteiger partial charge >= 0.3 is 6.09 Å². The third kappa shape index (κ3) is 6.97. The largest absolute Gasteiger partial charge is 0.508 e. The lowest BCUT2D eigenvalue weighted by molar-refractivity contribution is -0.141. The smallest absolute Gasteiger partial charge is 0.408 e. The highest BCUT2D eigenvalue weighted by Crippen LogP contribution is 2.40. The van der Waals surface area contributed by atoms with Crippen LogP contribution in [0.2, 0.25) is 0 Å². The van der Waals surface area contributed by atoms with Crippen LogP contribution >= 0.6 is 0 Å². The highest BCUT2D eigenvalue weighted by Gasteiger charge is 2.46. The molecule has 3 atom stereocenters. The number of carbonyl (C=O) groups excluding carboxylic acids is 3. The van der Waals surface area contributed by atoms with Crippen LogP contribution in [0.1, 0.15) is 51.3 Å². The van der Waals surface area contributed by atoms with Gasteiger partial charge in [0.25, 0.3) is 0 Å². The van der Waals surface area contributed by atoms with E-state index in [1.807, 2.05) is 37.3 Å². The van der Waals surface area contributed by atoms with Crippen molar-refractivity contribution < 1.29 is 24.2 Å². The summed E-state index contributed by atoms with van der Waals surface area (Å²) in [6, 6.07) is 14.7. The van der Waals surface area contributed by atoms with Crippen molar-refractivity contribution in [1.29, 1.82) is 0 Å². The molecule has 0 heterocycles. The Balaban J connectivity index is 1.83. The number of aromatic hydroxyl groups is 1. The van der Waals surface area contributed by atoms with Gasteiger partial charge in [-0.25, -0.2) is 4.79 Å². The molecule has 0 aromatic heterocycles. The van der Waals surface area contributed by atoms with E-state index in [-0.39, 0.29) is 30.2 Å². The lowest BCUT2D eigenvalue weighted by atomic mass is 10.0. The van der Waals surface area contributed by atoms with Crippen LogP contribution in [0, 0.1) is 5.92 Å². The Morgan fingerprint density at radius 2 is 1.76 bits per heavy atom. The van der Waals surface area contributed by atoms with E-state index < -0.39 is 23.6 Å². The summed E-state index contributed by atoms with van der Waals surface area (Å²) in [5, 5.41) is 15.5. The van der Waals surface area contributed by atoms with Crippen molar-refractivity contribution in [2.24, 2.45) is 5.92 Å². The Morgan fingerprint density at radius 3 is 2.35 bits per heavy atom. The van der Waals surface area contributed by atoms with E-state index in [2.05, 4.69) is 10.6 Å². The van der Waals surface area contributed by atoms with Gasteiger partial charge in [0.05, 0.1) is 0 Å². The molecule has 0 radical (unpaired) electrons. The second kappa shape index (κ2) is 10.6. The van der Waals surface area contributed by atoms with E-state index in [9.17, 15) is 19.5 Å². The first-order chi connectivity index (χ1) is 16.0. The molecule has 8 heteroatoms. The van der Waals surface area contributed by atoms with Crippen molar-refractivity contribution >= 4 is 17.9 Å². The third-order valence-corrected chi connectivity index (χ3v) is 5.52. The molecule has 3 N–H and O–H groups in total. The van der Waals surface area contributed by atoms with Crippen molar-refractivity contribution in [1.82, 2.24) is 15.5 Å². The Labute approximate surface area is 200 Å². The van der Waals surface area contributed by atoms with Gasteiger partial charge in [-0.3, -0.25) is 9.59 Å². The summed E-state index contributed by atoms with van der Waals surface area (Å²) in [6.45, 7) is 7.21. The van der Waals surface area contributed by atoms with E-state index in [4.69, 9.17) is 4.74 Å². The van der Waals surface area contributed by atoms with E-state index in [1.54, 1.807) is 32.9 Å². The lowest BCUT2D eigenvalue weighted by Crippen LogP contribution is -2.49. The summed E-state index contributed by atoms with van der Waals surface area (Å²) >= 11 is 0. The average molecular weight is 468 g/mol. The van der Waals surface area contributed by atoms with E-state index >= 15 is 0 Å². The molecule has 3 unspecified atom stereocenters. The highest BCUT2D eigenvalue weighted by molar-refractivity contribution is 5.91. The molecular weight excluding hydrogens is 434 g/mol. The van der Waals surface area contributed by atoms with Crippen LogP contribution in [-0.4, -0.2) is 46.1 Å². The first kappa shape index (κ1) is 25.1. The maximum atomic E-state index is 13.4. The van der Waals surface area contributed by atoms with Crippen LogP contribution in [0.5, 0.6) is 5.75 Å². The van der Waals surface area contributed by atoms with E-state index in [0.717, 1.165) is 12.0 Å². The first-order valence-corrected chi connectivity index (χ1v) is 11.4. The molecule has 0 saturated heterocycles. The highest BCUT2D eigenvalue weighted by atomic mass is 16.6. The molecule has 34 heavy (non-hydrogen) atoms. The quantitative estimate of drug-likeness (QED) is 0.551. The molecule has 0 aliphatic heterocycles. The Bertz CT molecular complexity index is 1020. The number of carbonyl (C=O) groups is 3. The number of benzene rings is 2. The molecule has 2 aromatic carbocycles. The van der Waals surface area contributed by atoms with Crippen LogP contribution in [0.3, 0.4) is 0 Å². The van der Waals surface area contributed by atoms with Gasteiger partial charge in [0, 0.05) is 12.6 Å². The van der Waals surface area contributed by atoms with Gasteiger partial charge in [-0.2, -0.15) is 0 Å². The topological polar surface area (TPSA) is 108 Å². The van der Waals surface area contributed by atoms with Gasteiger partial charge in [-0.05, 0) is 56.4 Å². The van der Waals surface area contributed by atoms with Crippen molar-refractivity contribution in [3.63, 3.8) is 0 Å². The standard InChI is InChI=1S/C26H33N3O5/c1-17-13-21(17)29(22(31)16-28-25(33)34-26(2,3)4)23(19-11-8-12-20(30)14-19)24(32)27-15-18-9-6-5-7-10-18/h5-12,14,17,21,23,30H,13,15-16H2,1-4H3,(H,27,32)(H,28,33). The minimum absolute atomic E-state index is 0.00137. The molecule has 1 fully saturated rings. The molecule has 8 nitrogen and oxygen atoms in total. The number of hydrogen-bond acceptors (Lipinski definition) is 5. The Kier molecular flexibility index (Phi) is 7.81. The zero-order chi connectivity index (χ0) is 24.9. The number of nitrogens with one attached hydrogen (secondary N) is 2. The fraction of sp³-hybridized carbons (Fsp3) is 0.423. The van der Waals surface area contributed by atoms with E-state index in [1.165, 1.54) is 17.0 Å². The average Bonchev–Trinajstić information content (AvgIpc) is 3.49. The van der Waals surface area contributed by atoms with Gasteiger partial charge in [0.2, 0.25) is 11.8 Å². The van der Waals surface area contributed by atoms with Crippen molar-refractivity contribution in [2.75, 3.05) is 6.54 Å². The zero-order valence-corrected chi connectivity index (χ0v) is 20.1. The summed E-state index contributed by atoms with van der Waals surface area (Å²) in [7, 11) is 0. The Morgan fingerprint density at radius 1 is 1.09 bits per heavy atom. The predicted molar refractivity (Wildman–Crippen MR) is 128 cm³/mol. The summed E-state index contributed by atoms with van der Waals surface area (Å²) in [4.78, 5) is 40.4. The van der Waals surface area contributed by atoms with Gasteiger partial charge in [-0.1, -0.05) is 49.4 Å². The second-order valence-corrected chi connectivity index (χ2v) is 9.64. The number of phenolic OH excluding ortho intramolecular Hbond substituents is 1. The SMILES string of the molecule is CC1CC1N(C(=O)CNC(=O)OC(C)(C)C)C(C(=O)NCc1ccccc1)c1cccc(O)c1. The summed E-state index contributed by atoms with van der Waals surface area (Å²) in [5.41, 5.74) is 0.726. The minimum Gasteiger partial charge on any atom is -0.508 e. The Hall–Kier alpha value is -3.55. The number of nitrogens with zero attached hydrogens (tertiary/aromatic N) is 1. The molecule has 3 rings (SSSR count). The fourth-order valence-electron chi connectivity index (χ4n) is 3.78. The molecule has 1 aliphatic rings. The molecule has 1 aliphatic carbocycles. The monoisotopic (exact) mass is 467 g/mol. The van der Waals surface area contributed by atoms with Crippen molar-refractivity contribution in [3.8, 4) is 5.75 Å². The molecule has 0 spiro atoms. The van der Waals surface area contributed by atoms with Crippen molar-refractivity contribution in [3.05, 3.63) is 65.7 Å². The van der Waals surface area contributed by atoms with Crippen LogP contribution in [0.4, 0.5) is 4.79 Å². The van der Waals surface area contributed by atoms with Gasteiger partial charge < -0.3 is 25.4 Å². The van der Waals surface area contributed by atoms with E-state index in [0.29, 0.717) is 12.1 Å². The molecule has 2 aromatic rings. The number of rotatable bonds is 8. The zero-order valence-electron chi connectivity index (χ0n) is 20.1. The van der Waals surface area contributed by atoms with Gasteiger partial charge in [-0.15, -0.1) is 0 Å². The first-order valence-electron chi connectivity index (χ1n) is 11.4. The number of alkyl carbamates (subject to hydrolysis) is 1. The van der Waals surface area contributed by atoms with Crippen LogP contribution in [-0.2, 0) is 20.9 Å². The second-order valence-electron chi connectivity index (χ2n) is 9.64. The van der Waals surface area contributed by atoms with Gasteiger partial charge in [0.15, 0.2) is 0 Å². The van der Waals surface area contributed by atoms with Crippen LogP contribution in [0.15, 0.2) is 54.6 Å². The molecular formula is C26H33N3O5. The molecule has 0 bridgehead atoms. The molecule has 3 amide bonds. The maximum Gasteiger partial charge on any atom is 0.408 e. The third-order valence-electron chi connectivity index (χ3n) is 5.52. The lowest BCUT2D eigenvalue weighted by Gasteiger charge is -2.32. The van der Waals surface area contributed by atoms with Crippen LogP contribution in [0.25, 0.3) is 0 Å². The fourth-order valence-corrected chi connectivity index (χ4v) is 3.78. The number of hydrogen-bond donors (Lipinski definition) is 3. The predicted octanol–water partition coefficient (Wildman–Crippen LogP) is 3.51. The van der Waals surface area contributed by atoms with Crippen molar-refractivity contribution in [2.45, 2.75) is 58.3 Å². The minimum atomic E-state index is -0.960. The number of phenols is 1. The normalized spacial score (nSPS) is 17.9. The molecule has 182 valence electrons. The summed E-state index contributed by atoms with van der Waals surface area (Å²) in [5.74, 6) is -0.545. The van der Waals surface area contributed by atoms with Gasteiger partial charge in [0.1, 0.15) is 23.9 Å². The van der Waals surface area contributed by atoms with Crippen LogP contribution < -0.4 is 10.6 Å². The number of ether oxygens (including phenoxy) is 1.